The van der Waals surface area contributed by atoms with Crippen LogP contribution in [-0.2, 0) is 9.53 Å². The Kier molecular flexibility index (Phi) is 1.26. The van der Waals surface area contributed by atoms with Crippen LogP contribution in [0.25, 0.3) is 0 Å². The van der Waals surface area contributed by atoms with Gasteiger partial charge in [0, 0.05) is 0 Å². The fourth-order valence-electron chi connectivity index (χ4n) is 0.597. The van der Waals surface area contributed by atoms with E-state index in [1.807, 2.05) is 0 Å². The third kappa shape index (κ3) is 0.937. The lowest BCUT2D eigenvalue weighted by Crippen LogP contribution is -2.19. The zero-order valence-corrected chi connectivity index (χ0v) is 4.70. The van der Waals surface area contributed by atoms with Crippen molar-refractivity contribution >= 4 is 5.97 Å². The molecule has 0 aromatic carbocycles. The van der Waals surface area contributed by atoms with E-state index in [2.05, 4.69) is 11.3 Å². The topological polar surface area (TPSA) is 46.5 Å². The second-order valence-electron chi connectivity index (χ2n) is 1.73. The van der Waals surface area contributed by atoms with Crippen LogP contribution < -0.4 is 0 Å². The molecule has 0 spiro atoms. The number of hydrogen-bond donors (Lipinski definition) is 1. The van der Waals surface area contributed by atoms with Gasteiger partial charge in [-0.15, -0.1) is 0 Å². The maximum absolute atomic E-state index is 10.2. The van der Waals surface area contributed by atoms with Gasteiger partial charge in [0.05, 0.1) is 6.26 Å². The monoisotopic (exact) mass is 126 g/mol. The molecule has 3 heteroatoms. The van der Waals surface area contributed by atoms with Gasteiger partial charge < -0.3 is 9.84 Å². The van der Waals surface area contributed by atoms with Crippen LogP contribution >= 0.6 is 0 Å². The summed E-state index contributed by atoms with van der Waals surface area (Å²) < 4.78 is 4.65. The Morgan fingerprint density at radius 1 is 1.89 bits per heavy atom. The average molecular weight is 126 g/mol. The molecule has 1 heterocycles. The van der Waals surface area contributed by atoms with Crippen molar-refractivity contribution < 1.29 is 14.6 Å². The standard InChI is InChI=1S/C6H6O3/c1-4-2-3-9-5(4)6(7)8/h2-3,5H,1H2,(H,7,8). The molecule has 0 fully saturated rings. The van der Waals surface area contributed by atoms with Gasteiger partial charge >= 0.3 is 5.97 Å². The Labute approximate surface area is 52.2 Å². The van der Waals surface area contributed by atoms with E-state index >= 15 is 0 Å². The molecule has 9 heavy (non-hydrogen) atoms. The minimum atomic E-state index is -0.995. The average Bonchev–Trinajstić information content (AvgIpc) is 2.13. The maximum Gasteiger partial charge on any atom is 0.349 e. The molecule has 0 aromatic heterocycles. The molecule has 3 nitrogen and oxygen atoms in total. The van der Waals surface area contributed by atoms with E-state index < -0.39 is 12.1 Å². The first-order valence-corrected chi connectivity index (χ1v) is 2.45. The molecule has 0 aliphatic carbocycles. The highest BCUT2D eigenvalue weighted by Crippen LogP contribution is 2.13. The predicted molar refractivity (Wildman–Crippen MR) is 30.8 cm³/mol. The van der Waals surface area contributed by atoms with Gasteiger partial charge in [-0.05, 0) is 11.6 Å². The van der Waals surface area contributed by atoms with Gasteiger partial charge in [0.1, 0.15) is 0 Å². The maximum atomic E-state index is 10.2. The van der Waals surface area contributed by atoms with Gasteiger partial charge in [-0.3, -0.25) is 0 Å². The zero-order valence-electron chi connectivity index (χ0n) is 4.70. The number of hydrogen-bond acceptors (Lipinski definition) is 2. The molecule has 0 bridgehead atoms. The lowest BCUT2D eigenvalue weighted by Gasteiger charge is -2.03. The van der Waals surface area contributed by atoms with Gasteiger partial charge in [0.25, 0.3) is 0 Å². The second kappa shape index (κ2) is 1.93. The van der Waals surface area contributed by atoms with Gasteiger partial charge in [0.15, 0.2) is 0 Å². The van der Waals surface area contributed by atoms with Gasteiger partial charge in [-0.25, -0.2) is 4.79 Å². The third-order valence-corrected chi connectivity index (χ3v) is 1.06. The number of carbonyl (C=O) groups is 1. The molecule has 0 radical (unpaired) electrons. The van der Waals surface area contributed by atoms with Crippen LogP contribution in [-0.4, -0.2) is 17.2 Å². The number of aliphatic carboxylic acids is 1. The van der Waals surface area contributed by atoms with Crippen LogP contribution in [0.1, 0.15) is 0 Å². The van der Waals surface area contributed by atoms with Crippen LogP contribution in [0.4, 0.5) is 0 Å². The van der Waals surface area contributed by atoms with Crippen molar-refractivity contribution in [3.63, 3.8) is 0 Å². The SMILES string of the molecule is C=C1C=COC1C(=O)O. The summed E-state index contributed by atoms with van der Waals surface area (Å²) in [7, 11) is 0. The summed E-state index contributed by atoms with van der Waals surface area (Å²) >= 11 is 0. The number of rotatable bonds is 1. The van der Waals surface area contributed by atoms with Crippen LogP contribution in [0.5, 0.6) is 0 Å². The summed E-state index contributed by atoms with van der Waals surface area (Å²) in [6, 6.07) is 0. The van der Waals surface area contributed by atoms with Crippen molar-refractivity contribution in [2.45, 2.75) is 6.10 Å². The highest BCUT2D eigenvalue weighted by Gasteiger charge is 2.23. The molecule has 1 aliphatic heterocycles. The number of ether oxygens (including phenoxy) is 1. The van der Waals surface area contributed by atoms with E-state index in [1.54, 1.807) is 6.08 Å². The van der Waals surface area contributed by atoms with Crippen molar-refractivity contribution in [2.75, 3.05) is 0 Å². The van der Waals surface area contributed by atoms with Crippen LogP contribution in [0.15, 0.2) is 24.5 Å². The van der Waals surface area contributed by atoms with Crippen LogP contribution in [0, 0.1) is 0 Å². The summed E-state index contributed by atoms with van der Waals surface area (Å²) in [5.41, 5.74) is 0.488. The quantitative estimate of drug-likeness (QED) is 0.557. The van der Waals surface area contributed by atoms with Gasteiger partial charge in [-0.2, -0.15) is 0 Å². The Morgan fingerprint density at radius 2 is 2.56 bits per heavy atom. The molecule has 1 atom stereocenters. The van der Waals surface area contributed by atoms with Crippen LogP contribution in [0.3, 0.4) is 0 Å². The van der Waals surface area contributed by atoms with Crippen molar-refractivity contribution in [3.05, 3.63) is 24.5 Å². The normalized spacial score (nSPS) is 24.0. The smallest absolute Gasteiger partial charge is 0.349 e. The summed E-state index contributed by atoms with van der Waals surface area (Å²) in [6.07, 6.45) is 2.02. The molecule has 1 rings (SSSR count). The van der Waals surface area contributed by atoms with Crippen molar-refractivity contribution in [2.24, 2.45) is 0 Å². The molecular formula is C6H6O3. The summed E-state index contributed by atoms with van der Waals surface area (Å²) in [5, 5.41) is 8.36. The highest BCUT2D eigenvalue weighted by atomic mass is 16.5. The largest absolute Gasteiger partial charge is 0.482 e. The number of carboxylic acid groups (broad SMARTS) is 1. The van der Waals surface area contributed by atoms with E-state index in [0.29, 0.717) is 5.57 Å². The highest BCUT2D eigenvalue weighted by molar-refractivity contribution is 5.77. The first-order valence-electron chi connectivity index (χ1n) is 2.45. The fourth-order valence-corrected chi connectivity index (χ4v) is 0.597. The van der Waals surface area contributed by atoms with Gasteiger partial charge in [-0.1, -0.05) is 6.58 Å². The molecular weight excluding hydrogens is 120 g/mol. The van der Waals surface area contributed by atoms with E-state index in [0.717, 1.165) is 0 Å². The Balaban J connectivity index is 2.66. The van der Waals surface area contributed by atoms with Gasteiger partial charge in [0.2, 0.25) is 6.10 Å². The van der Waals surface area contributed by atoms with E-state index in [9.17, 15) is 4.79 Å². The number of carboxylic acids is 1. The first-order chi connectivity index (χ1) is 4.22. The van der Waals surface area contributed by atoms with E-state index in [-0.39, 0.29) is 0 Å². The van der Waals surface area contributed by atoms with Crippen LogP contribution in [0.2, 0.25) is 0 Å². The fraction of sp³-hybridized carbons (Fsp3) is 0.167. The second-order valence-corrected chi connectivity index (χ2v) is 1.73. The zero-order chi connectivity index (χ0) is 6.85. The molecule has 1 unspecified atom stereocenters. The Hall–Kier alpha value is -1.25. The molecule has 0 saturated carbocycles. The minimum absolute atomic E-state index is 0.488. The Morgan fingerprint density at radius 3 is 2.78 bits per heavy atom. The first kappa shape index (κ1) is 5.88. The molecule has 0 saturated heterocycles. The summed E-state index contributed by atoms with van der Waals surface area (Å²) in [5.74, 6) is -0.995. The molecule has 0 aromatic rings. The Bertz CT molecular complexity index is 181. The molecule has 1 aliphatic rings. The molecule has 0 amide bonds. The lowest BCUT2D eigenvalue weighted by molar-refractivity contribution is -0.144. The van der Waals surface area contributed by atoms with E-state index in [1.165, 1.54) is 6.26 Å². The molecule has 1 N–H and O–H groups in total. The third-order valence-electron chi connectivity index (χ3n) is 1.06. The minimum Gasteiger partial charge on any atom is -0.482 e. The van der Waals surface area contributed by atoms with Crippen molar-refractivity contribution in [3.8, 4) is 0 Å². The van der Waals surface area contributed by atoms with Crippen molar-refractivity contribution in [1.29, 1.82) is 0 Å². The predicted octanol–water partition coefficient (Wildman–Crippen LogP) is 0.540. The summed E-state index contributed by atoms with van der Waals surface area (Å²) in [4.78, 5) is 10.2. The summed E-state index contributed by atoms with van der Waals surface area (Å²) in [6.45, 7) is 3.46. The molecule has 48 valence electrons. The lowest BCUT2D eigenvalue weighted by atomic mass is 10.2. The van der Waals surface area contributed by atoms with E-state index in [4.69, 9.17) is 5.11 Å². The van der Waals surface area contributed by atoms with Crippen molar-refractivity contribution in [1.82, 2.24) is 0 Å².